The number of hydrogen-bond donors (Lipinski definition) is 0. The molecule has 1 heterocycles. The number of rotatable bonds is 5. The number of benzene rings is 1. The highest BCUT2D eigenvalue weighted by molar-refractivity contribution is 5.96. The van der Waals surface area contributed by atoms with Crippen molar-refractivity contribution in [1.82, 2.24) is 4.90 Å². The van der Waals surface area contributed by atoms with Crippen LogP contribution in [0, 0.1) is 12.7 Å². The Morgan fingerprint density at radius 1 is 1.40 bits per heavy atom. The number of carbonyl (C=O) groups is 1. The van der Waals surface area contributed by atoms with Gasteiger partial charge in [-0.25, -0.2) is 4.39 Å². The van der Waals surface area contributed by atoms with E-state index in [4.69, 9.17) is 4.74 Å². The lowest BCUT2D eigenvalue weighted by atomic mass is 10.0. The maximum atomic E-state index is 13.5. The van der Waals surface area contributed by atoms with Gasteiger partial charge in [0.1, 0.15) is 5.82 Å². The largest absolute Gasteiger partial charge is 0.381 e. The number of halogens is 1. The summed E-state index contributed by atoms with van der Waals surface area (Å²) in [6.45, 7) is 4.00. The quantitative estimate of drug-likeness (QED) is 0.776. The van der Waals surface area contributed by atoms with E-state index in [9.17, 15) is 9.18 Å². The second-order valence-electron chi connectivity index (χ2n) is 5.46. The Morgan fingerprint density at radius 2 is 2.10 bits per heavy atom. The van der Waals surface area contributed by atoms with Gasteiger partial charge in [0.05, 0.1) is 0 Å². The molecule has 0 aromatic heterocycles. The Balaban J connectivity index is 1.86. The van der Waals surface area contributed by atoms with Crippen LogP contribution in [0.3, 0.4) is 0 Å². The Kier molecular flexibility index (Phi) is 5.26. The fourth-order valence-electron chi connectivity index (χ4n) is 2.50. The first-order chi connectivity index (χ1) is 9.58. The van der Waals surface area contributed by atoms with Crippen molar-refractivity contribution in [2.45, 2.75) is 32.2 Å². The van der Waals surface area contributed by atoms with Crippen molar-refractivity contribution < 1.29 is 13.9 Å². The first-order valence-corrected chi connectivity index (χ1v) is 7.15. The van der Waals surface area contributed by atoms with Gasteiger partial charge < -0.3 is 9.64 Å². The first kappa shape index (κ1) is 15.1. The second-order valence-corrected chi connectivity index (χ2v) is 5.46. The highest BCUT2D eigenvalue weighted by atomic mass is 19.1. The van der Waals surface area contributed by atoms with Crippen molar-refractivity contribution in [3.8, 4) is 0 Å². The van der Waals surface area contributed by atoms with E-state index in [2.05, 4.69) is 4.90 Å². The van der Waals surface area contributed by atoms with E-state index in [1.807, 2.05) is 7.05 Å². The van der Waals surface area contributed by atoms with E-state index in [1.54, 1.807) is 19.1 Å². The van der Waals surface area contributed by atoms with Crippen LogP contribution < -0.4 is 0 Å². The maximum Gasteiger partial charge on any atom is 0.164 e. The summed E-state index contributed by atoms with van der Waals surface area (Å²) in [6.07, 6.45) is 2.46. The van der Waals surface area contributed by atoms with Crippen molar-refractivity contribution in [3.05, 3.63) is 35.1 Å². The molecule has 1 fully saturated rings. The Morgan fingerprint density at radius 3 is 2.75 bits per heavy atom. The molecule has 2 rings (SSSR count). The summed E-state index contributed by atoms with van der Waals surface area (Å²) < 4.78 is 18.8. The zero-order valence-corrected chi connectivity index (χ0v) is 12.2. The SMILES string of the molecule is Cc1ccc(C(=O)CCN(C)C2CCOCC2)cc1F. The lowest BCUT2D eigenvalue weighted by Gasteiger charge is -2.30. The van der Waals surface area contributed by atoms with E-state index in [0.29, 0.717) is 30.1 Å². The highest BCUT2D eigenvalue weighted by Gasteiger charge is 2.19. The van der Waals surface area contributed by atoms with Crippen molar-refractivity contribution >= 4 is 5.78 Å². The molecule has 0 unspecified atom stereocenters. The van der Waals surface area contributed by atoms with Crippen molar-refractivity contribution in [2.24, 2.45) is 0 Å². The van der Waals surface area contributed by atoms with Crippen LogP contribution in [0.5, 0.6) is 0 Å². The lowest BCUT2D eigenvalue weighted by Crippen LogP contribution is -2.37. The Labute approximate surface area is 119 Å². The van der Waals surface area contributed by atoms with Crippen LogP contribution in [-0.2, 0) is 4.74 Å². The second kappa shape index (κ2) is 6.95. The lowest BCUT2D eigenvalue weighted by molar-refractivity contribution is 0.0425. The zero-order chi connectivity index (χ0) is 14.5. The summed E-state index contributed by atoms with van der Waals surface area (Å²) in [5.74, 6) is -0.309. The average Bonchev–Trinajstić information content (AvgIpc) is 2.48. The van der Waals surface area contributed by atoms with Gasteiger partial charge >= 0.3 is 0 Å². The summed E-state index contributed by atoms with van der Waals surface area (Å²) in [7, 11) is 2.04. The van der Waals surface area contributed by atoms with Gasteiger partial charge in [0, 0.05) is 37.8 Å². The van der Waals surface area contributed by atoms with E-state index in [1.165, 1.54) is 6.07 Å². The van der Waals surface area contributed by atoms with E-state index >= 15 is 0 Å². The fraction of sp³-hybridized carbons (Fsp3) is 0.562. The molecule has 1 aliphatic heterocycles. The summed E-state index contributed by atoms with van der Waals surface area (Å²) in [4.78, 5) is 14.3. The molecule has 110 valence electrons. The monoisotopic (exact) mass is 279 g/mol. The fourth-order valence-corrected chi connectivity index (χ4v) is 2.50. The molecular weight excluding hydrogens is 257 g/mol. The van der Waals surface area contributed by atoms with Crippen LogP contribution in [0.4, 0.5) is 4.39 Å². The minimum atomic E-state index is -0.311. The van der Waals surface area contributed by atoms with Gasteiger partial charge in [-0.3, -0.25) is 4.79 Å². The van der Waals surface area contributed by atoms with Gasteiger partial charge in [-0.1, -0.05) is 12.1 Å². The third kappa shape index (κ3) is 3.87. The molecule has 20 heavy (non-hydrogen) atoms. The van der Waals surface area contributed by atoms with Gasteiger partial charge in [0.2, 0.25) is 0 Å². The predicted molar refractivity (Wildman–Crippen MR) is 76.6 cm³/mol. The Bertz CT molecular complexity index is 470. The van der Waals surface area contributed by atoms with Crippen LogP contribution in [0.15, 0.2) is 18.2 Å². The number of aryl methyl sites for hydroxylation is 1. The molecule has 0 aliphatic carbocycles. The van der Waals surface area contributed by atoms with Crippen LogP contribution in [-0.4, -0.2) is 43.5 Å². The van der Waals surface area contributed by atoms with Gasteiger partial charge in [0.25, 0.3) is 0 Å². The molecule has 1 saturated heterocycles. The number of hydrogen-bond acceptors (Lipinski definition) is 3. The molecule has 0 atom stereocenters. The molecule has 0 bridgehead atoms. The molecule has 0 spiro atoms. The average molecular weight is 279 g/mol. The third-order valence-electron chi connectivity index (χ3n) is 4.00. The van der Waals surface area contributed by atoms with Crippen molar-refractivity contribution in [3.63, 3.8) is 0 Å². The summed E-state index contributed by atoms with van der Waals surface area (Å²) >= 11 is 0. The number of nitrogens with zero attached hydrogens (tertiary/aromatic N) is 1. The zero-order valence-electron chi connectivity index (χ0n) is 12.2. The third-order valence-corrected chi connectivity index (χ3v) is 4.00. The van der Waals surface area contributed by atoms with Gasteiger partial charge in [-0.2, -0.15) is 0 Å². The number of carbonyl (C=O) groups excluding carboxylic acids is 1. The smallest absolute Gasteiger partial charge is 0.164 e. The molecule has 1 aliphatic rings. The summed E-state index contributed by atoms with van der Waals surface area (Å²) in [5.41, 5.74) is 1.04. The van der Waals surface area contributed by atoms with Gasteiger partial charge in [0.15, 0.2) is 5.78 Å². The van der Waals surface area contributed by atoms with E-state index < -0.39 is 0 Å². The minimum absolute atomic E-state index is 0.00260. The molecular formula is C16H22FNO2. The van der Waals surface area contributed by atoms with Crippen LogP contribution in [0.25, 0.3) is 0 Å². The van der Waals surface area contributed by atoms with Gasteiger partial charge in [-0.05, 0) is 38.4 Å². The van der Waals surface area contributed by atoms with Crippen LogP contribution >= 0.6 is 0 Å². The molecule has 0 N–H and O–H groups in total. The van der Waals surface area contributed by atoms with Crippen molar-refractivity contribution in [2.75, 3.05) is 26.8 Å². The van der Waals surface area contributed by atoms with E-state index in [-0.39, 0.29) is 11.6 Å². The molecule has 1 aromatic carbocycles. The van der Waals surface area contributed by atoms with Crippen LogP contribution in [0.2, 0.25) is 0 Å². The molecule has 1 aromatic rings. The van der Waals surface area contributed by atoms with Gasteiger partial charge in [-0.15, -0.1) is 0 Å². The standard InChI is InChI=1S/C16H22FNO2/c1-12-3-4-13(11-15(12)17)16(19)5-8-18(2)14-6-9-20-10-7-14/h3-4,11,14H,5-10H2,1-2H3. The summed E-state index contributed by atoms with van der Waals surface area (Å²) in [6, 6.07) is 5.19. The number of ether oxygens (including phenoxy) is 1. The Hall–Kier alpha value is -1.26. The van der Waals surface area contributed by atoms with E-state index in [0.717, 1.165) is 26.1 Å². The molecule has 0 radical (unpaired) electrons. The molecule has 0 saturated carbocycles. The predicted octanol–water partition coefficient (Wildman–Crippen LogP) is 2.82. The normalized spacial score (nSPS) is 16.6. The topological polar surface area (TPSA) is 29.5 Å². The highest BCUT2D eigenvalue weighted by Crippen LogP contribution is 2.15. The first-order valence-electron chi connectivity index (χ1n) is 7.15. The summed E-state index contributed by atoms with van der Waals surface area (Å²) in [5, 5.41) is 0. The minimum Gasteiger partial charge on any atom is -0.381 e. The van der Waals surface area contributed by atoms with Crippen molar-refractivity contribution in [1.29, 1.82) is 0 Å². The molecule has 4 heteroatoms. The maximum absolute atomic E-state index is 13.5. The molecule has 3 nitrogen and oxygen atoms in total. The van der Waals surface area contributed by atoms with Crippen LogP contribution in [0.1, 0.15) is 35.2 Å². The number of Topliss-reactive ketones (excluding diaryl/α,β-unsaturated/α-hetero) is 1. The number of ketones is 1. The molecule has 0 amide bonds.